The third kappa shape index (κ3) is 8.34. The molecule has 31 heavy (non-hydrogen) atoms. The van der Waals surface area contributed by atoms with Crippen molar-refractivity contribution >= 4 is 23.5 Å². The summed E-state index contributed by atoms with van der Waals surface area (Å²) in [6, 6.07) is 12.0. The Labute approximate surface area is 175 Å². The van der Waals surface area contributed by atoms with Gasteiger partial charge >= 0.3 is 18.1 Å². The number of methoxy groups -OCH3 is 1. The van der Waals surface area contributed by atoms with E-state index in [1.165, 1.54) is 18.2 Å². The maximum Gasteiger partial charge on any atom is 0.418 e. The number of halogens is 3. The van der Waals surface area contributed by atoms with Crippen LogP contribution in [0.25, 0.3) is 0 Å². The molecule has 0 aliphatic heterocycles. The first-order valence-electron chi connectivity index (χ1n) is 8.76. The van der Waals surface area contributed by atoms with Crippen LogP contribution in [0.2, 0.25) is 0 Å². The molecule has 0 aliphatic rings. The minimum absolute atomic E-state index is 0.134. The van der Waals surface area contributed by atoms with Gasteiger partial charge in [0, 0.05) is 11.6 Å². The van der Waals surface area contributed by atoms with Crippen LogP contribution in [0, 0.1) is 0 Å². The second-order valence-electron chi connectivity index (χ2n) is 6.05. The van der Waals surface area contributed by atoms with Gasteiger partial charge in [-0.15, -0.1) is 0 Å². The van der Waals surface area contributed by atoms with Crippen LogP contribution in [0.1, 0.15) is 24.1 Å². The van der Waals surface area contributed by atoms with Crippen LogP contribution in [0.15, 0.2) is 48.5 Å². The zero-order valence-corrected chi connectivity index (χ0v) is 16.6. The Balaban J connectivity index is 0.000000703. The van der Waals surface area contributed by atoms with Crippen molar-refractivity contribution in [3.8, 4) is 5.75 Å². The van der Waals surface area contributed by atoms with Crippen molar-refractivity contribution in [2.24, 2.45) is 0 Å². The molecule has 0 spiro atoms. The van der Waals surface area contributed by atoms with Crippen LogP contribution in [0.3, 0.4) is 0 Å². The van der Waals surface area contributed by atoms with Crippen molar-refractivity contribution in [2.45, 2.75) is 19.1 Å². The van der Waals surface area contributed by atoms with Gasteiger partial charge in [-0.05, 0) is 25.1 Å². The largest absolute Gasteiger partial charge is 0.496 e. The van der Waals surface area contributed by atoms with Crippen molar-refractivity contribution < 1.29 is 42.5 Å². The molecular formula is C20H21F3N2O6. The Morgan fingerprint density at radius 2 is 1.55 bits per heavy atom. The minimum Gasteiger partial charge on any atom is -0.496 e. The molecule has 0 aromatic heterocycles. The number of hydrogen-bond donors (Lipinski definition) is 4. The fourth-order valence-corrected chi connectivity index (χ4v) is 2.41. The molecule has 4 N–H and O–H groups in total. The first kappa shape index (κ1) is 25.4. The van der Waals surface area contributed by atoms with Gasteiger partial charge in [0.15, 0.2) is 0 Å². The molecule has 2 aromatic rings. The zero-order valence-electron chi connectivity index (χ0n) is 16.6. The first-order valence-corrected chi connectivity index (χ1v) is 8.76. The molecule has 0 bridgehead atoms. The Morgan fingerprint density at radius 3 is 2.10 bits per heavy atom. The molecule has 2 rings (SSSR count). The van der Waals surface area contributed by atoms with Gasteiger partial charge in [-0.3, -0.25) is 4.79 Å². The van der Waals surface area contributed by atoms with Gasteiger partial charge in [-0.1, -0.05) is 30.3 Å². The smallest absolute Gasteiger partial charge is 0.418 e. The molecular weight excluding hydrogens is 421 g/mol. The number of ether oxygens (including phenoxy) is 1. The van der Waals surface area contributed by atoms with E-state index in [9.17, 15) is 18.0 Å². The van der Waals surface area contributed by atoms with Crippen LogP contribution < -0.4 is 15.4 Å². The number of rotatable bonds is 6. The van der Waals surface area contributed by atoms with Crippen LogP contribution in [-0.2, 0) is 20.6 Å². The fraction of sp³-hybridized carbons (Fsp3) is 0.250. The average Bonchev–Trinajstić information content (AvgIpc) is 2.72. The molecule has 0 saturated carbocycles. The lowest BCUT2D eigenvalue weighted by Gasteiger charge is -2.18. The summed E-state index contributed by atoms with van der Waals surface area (Å²) in [6.07, 6.45) is -4.53. The monoisotopic (exact) mass is 442 g/mol. The second-order valence-corrected chi connectivity index (χ2v) is 6.05. The second kappa shape index (κ2) is 11.6. The molecule has 8 nitrogen and oxygen atoms in total. The van der Waals surface area contributed by atoms with E-state index in [1.807, 2.05) is 25.1 Å². The number of alkyl halides is 3. The van der Waals surface area contributed by atoms with Crippen molar-refractivity contribution in [3.63, 3.8) is 0 Å². The highest BCUT2D eigenvalue weighted by Crippen LogP contribution is 2.34. The number of benzene rings is 2. The van der Waals surface area contributed by atoms with Gasteiger partial charge in [-0.2, -0.15) is 13.2 Å². The lowest BCUT2D eigenvalue weighted by molar-refractivity contribution is -0.159. The maximum absolute atomic E-state index is 12.9. The van der Waals surface area contributed by atoms with Crippen molar-refractivity contribution in [1.82, 2.24) is 5.32 Å². The summed E-state index contributed by atoms with van der Waals surface area (Å²) in [7, 11) is 1.55. The fourth-order valence-electron chi connectivity index (χ4n) is 2.41. The molecule has 0 aliphatic carbocycles. The van der Waals surface area contributed by atoms with E-state index >= 15 is 0 Å². The zero-order chi connectivity index (χ0) is 23.6. The summed E-state index contributed by atoms with van der Waals surface area (Å²) in [5.41, 5.74) is -0.277. The number of carbonyl (C=O) groups excluding carboxylic acids is 1. The number of carbonyl (C=O) groups is 3. The number of carboxylic acid groups (broad SMARTS) is 2. The van der Waals surface area contributed by atoms with E-state index in [2.05, 4.69) is 10.6 Å². The third-order valence-electron chi connectivity index (χ3n) is 3.86. The number of carboxylic acids is 2. The summed E-state index contributed by atoms with van der Waals surface area (Å²) >= 11 is 0. The topological polar surface area (TPSA) is 125 Å². The van der Waals surface area contributed by atoms with E-state index in [1.54, 1.807) is 13.2 Å². The summed E-state index contributed by atoms with van der Waals surface area (Å²) in [4.78, 5) is 30.2. The van der Waals surface area contributed by atoms with Gasteiger partial charge in [0.2, 0.25) is 5.91 Å². The van der Waals surface area contributed by atoms with Gasteiger partial charge in [0.25, 0.3) is 0 Å². The first-order chi connectivity index (χ1) is 14.5. The molecule has 1 atom stereocenters. The molecule has 2 aromatic carbocycles. The number of anilines is 1. The van der Waals surface area contributed by atoms with Crippen LogP contribution in [0.4, 0.5) is 18.9 Å². The molecule has 11 heteroatoms. The Hall–Kier alpha value is -3.60. The van der Waals surface area contributed by atoms with E-state index in [-0.39, 0.29) is 18.3 Å². The van der Waals surface area contributed by atoms with E-state index in [0.29, 0.717) is 5.75 Å². The Bertz CT molecular complexity index is 906. The van der Waals surface area contributed by atoms with Crippen LogP contribution >= 0.6 is 0 Å². The minimum atomic E-state index is -4.53. The highest BCUT2D eigenvalue weighted by molar-refractivity contribution is 6.27. The van der Waals surface area contributed by atoms with E-state index in [4.69, 9.17) is 24.5 Å². The molecule has 0 heterocycles. The average molecular weight is 442 g/mol. The molecule has 0 radical (unpaired) electrons. The Kier molecular flexibility index (Phi) is 9.48. The number of hydrogen-bond acceptors (Lipinski definition) is 5. The normalized spacial score (nSPS) is 11.5. The summed E-state index contributed by atoms with van der Waals surface area (Å²) in [5, 5.41) is 20.1. The highest BCUT2D eigenvalue weighted by Gasteiger charge is 2.33. The molecule has 0 fully saturated rings. The van der Waals surface area contributed by atoms with Gasteiger partial charge in [-0.25, -0.2) is 9.59 Å². The number of aliphatic carboxylic acids is 2. The lowest BCUT2D eigenvalue weighted by Crippen LogP contribution is -2.30. The lowest BCUT2D eigenvalue weighted by atomic mass is 10.1. The third-order valence-corrected chi connectivity index (χ3v) is 3.86. The molecule has 0 saturated heterocycles. The number of para-hydroxylation sites is 2. The predicted molar refractivity (Wildman–Crippen MR) is 105 cm³/mol. The van der Waals surface area contributed by atoms with Crippen molar-refractivity contribution in [3.05, 3.63) is 59.7 Å². The quantitative estimate of drug-likeness (QED) is 0.507. The summed E-state index contributed by atoms with van der Waals surface area (Å²) in [6.45, 7) is 1.71. The summed E-state index contributed by atoms with van der Waals surface area (Å²) < 4.78 is 44.1. The van der Waals surface area contributed by atoms with Crippen LogP contribution in [-0.4, -0.2) is 41.7 Å². The SMILES string of the molecule is COc1ccccc1C(C)NCC(=O)Nc1ccccc1C(F)(F)F.O=C(O)C(=O)O. The predicted octanol–water partition coefficient (Wildman–Crippen LogP) is 3.16. The van der Waals surface area contributed by atoms with Crippen LogP contribution in [0.5, 0.6) is 5.75 Å². The highest BCUT2D eigenvalue weighted by atomic mass is 19.4. The van der Waals surface area contributed by atoms with E-state index in [0.717, 1.165) is 11.6 Å². The summed E-state index contributed by atoms with van der Waals surface area (Å²) in [5.74, 6) is -3.53. The molecule has 1 unspecified atom stereocenters. The van der Waals surface area contributed by atoms with Gasteiger partial charge in [0.05, 0.1) is 24.9 Å². The standard InChI is InChI=1S/C18H19F3N2O2.C2H2O4/c1-12(13-7-3-6-10-16(13)25-2)22-11-17(24)23-15-9-5-4-8-14(15)18(19,20)21;3-1(4)2(5)6/h3-10,12,22H,11H2,1-2H3,(H,23,24);(H,3,4)(H,5,6). The number of amides is 1. The molecule has 168 valence electrons. The Morgan fingerprint density at radius 1 is 1.00 bits per heavy atom. The van der Waals surface area contributed by atoms with E-state index < -0.39 is 29.6 Å². The molecule has 1 amide bonds. The van der Waals surface area contributed by atoms with Gasteiger partial charge in [0.1, 0.15) is 5.75 Å². The van der Waals surface area contributed by atoms with Crippen molar-refractivity contribution in [1.29, 1.82) is 0 Å². The number of nitrogens with one attached hydrogen (secondary N) is 2. The maximum atomic E-state index is 12.9. The van der Waals surface area contributed by atoms with Gasteiger partial charge < -0.3 is 25.6 Å². The van der Waals surface area contributed by atoms with Crippen molar-refractivity contribution in [2.75, 3.05) is 19.0 Å².